The monoisotopic (exact) mass is 567 g/mol. The van der Waals surface area contributed by atoms with Crippen LogP contribution in [0.3, 0.4) is 0 Å². The summed E-state index contributed by atoms with van der Waals surface area (Å²) in [6.45, 7) is 4.15. The number of para-hydroxylation sites is 1. The molecule has 2 aliphatic rings. The summed E-state index contributed by atoms with van der Waals surface area (Å²) in [7, 11) is 1.60. The minimum atomic E-state index is -0.778. The first-order chi connectivity index (χ1) is 19.9. The Labute approximate surface area is 241 Å². The average molecular weight is 568 g/mol. The molecule has 11 heteroatoms. The SMILES string of the molecule is CCC1OCC(N(N)/C2=C(\N)c3ccccc3N(C(=O)CCC(=O)NCCOCCOC)Cc3ccccc32)C1O. The molecule has 3 atom stereocenters. The highest BCUT2D eigenvalue weighted by molar-refractivity contribution is 6.01. The Kier molecular flexibility index (Phi) is 10.7. The van der Waals surface area contributed by atoms with Gasteiger partial charge in [-0.15, -0.1) is 0 Å². The van der Waals surface area contributed by atoms with Crippen LogP contribution in [-0.4, -0.2) is 80.3 Å². The number of fused-ring (bicyclic) bond motifs is 2. The van der Waals surface area contributed by atoms with Crippen molar-refractivity contribution in [2.45, 2.75) is 51.0 Å². The Morgan fingerprint density at radius 2 is 1.83 bits per heavy atom. The minimum absolute atomic E-state index is 0.0242. The van der Waals surface area contributed by atoms with Crippen LogP contribution in [0.2, 0.25) is 0 Å². The Bertz CT molecular complexity index is 1240. The van der Waals surface area contributed by atoms with E-state index in [-0.39, 0.29) is 43.9 Å². The van der Waals surface area contributed by atoms with E-state index >= 15 is 0 Å². The summed E-state index contributed by atoms with van der Waals surface area (Å²) in [6.07, 6.45) is -0.355. The van der Waals surface area contributed by atoms with E-state index in [0.717, 1.165) is 11.1 Å². The number of aliphatic hydroxyl groups excluding tert-OH is 1. The molecule has 2 aromatic rings. The highest BCUT2D eigenvalue weighted by Crippen LogP contribution is 2.38. The Balaban J connectivity index is 1.58. The Morgan fingerprint density at radius 3 is 2.56 bits per heavy atom. The number of nitrogens with one attached hydrogen (secondary N) is 1. The molecule has 2 amide bonds. The number of methoxy groups -OCH3 is 1. The molecule has 2 aromatic carbocycles. The van der Waals surface area contributed by atoms with Crippen molar-refractivity contribution in [2.75, 3.05) is 45.0 Å². The second-order valence-corrected chi connectivity index (χ2v) is 10.1. The van der Waals surface area contributed by atoms with Crippen molar-refractivity contribution >= 4 is 28.9 Å². The van der Waals surface area contributed by atoms with E-state index in [4.69, 9.17) is 25.8 Å². The van der Waals surface area contributed by atoms with Crippen LogP contribution in [0, 0.1) is 0 Å². The molecule has 222 valence electrons. The molecule has 1 saturated heterocycles. The maximum atomic E-state index is 13.6. The predicted molar refractivity (Wildman–Crippen MR) is 156 cm³/mol. The molecule has 0 aromatic heterocycles. The number of amides is 2. The number of ether oxygens (including phenoxy) is 3. The third kappa shape index (κ3) is 7.06. The third-order valence-corrected chi connectivity index (χ3v) is 7.48. The van der Waals surface area contributed by atoms with Crippen LogP contribution in [0.15, 0.2) is 48.5 Å². The standard InChI is InChI=1S/C30H41N5O6/c1-3-25-30(38)24(19-41-25)35(32)29-21-9-5-4-8-20(21)18-34(23-11-7-6-10-22(23)28(29)31)27(37)13-12-26(36)33-14-15-40-17-16-39-2/h4-11,24-25,30,38H,3,12-19,31-32H2,1-2H3,(H,33,36)/b29-28-. The molecule has 2 heterocycles. The average Bonchev–Trinajstić information content (AvgIpc) is 3.36. The van der Waals surface area contributed by atoms with Gasteiger partial charge in [-0.1, -0.05) is 49.4 Å². The van der Waals surface area contributed by atoms with Gasteiger partial charge in [0.05, 0.1) is 62.2 Å². The van der Waals surface area contributed by atoms with Gasteiger partial charge in [-0.25, -0.2) is 5.84 Å². The van der Waals surface area contributed by atoms with Gasteiger partial charge in [0, 0.05) is 37.6 Å². The molecule has 0 saturated carbocycles. The van der Waals surface area contributed by atoms with E-state index in [2.05, 4.69) is 5.32 Å². The molecule has 0 radical (unpaired) electrons. The molecule has 3 unspecified atom stereocenters. The molecule has 11 nitrogen and oxygen atoms in total. The van der Waals surface area contributed by atoms with Gasteiger partial charge in [0.2, 0.25) is 11.8 Å². The van der Waals surface area contributed by atoms with Crippen molar-refractivity contribution in [1.29, 1.82) is 0 Å². The van der Waals surface area contributed by atoms with Gasteiger partial charge < -0.3 is 40.3 Å². The lowest BCUT2D eigenvalue weighted by molar-refractivity contribution is -0.125. The van der Waals surface area contributed by atoms with E-state index in [0.29, 0.717) is 55.4 Å². The molecular weight excluding hydrogens is 526 g/mol. The van der Waals surface area contributed by atoms with Crippen LogP contribution in [0.4, 0.5) is 5.69 Å². The van der Waals surface area contributed by atoms with E-state index in [1.165, 1.54) is 5.01 Å². The molecule has 0 bridgehead atoms. The van der Waals surface area contributed by atoms with Crippen LogP contribution in [-0.2, 0) is 30.3 Å². The molecule has 6 N–H and O–H groups in total. The van der Waals surface area contributed by atoms with Gasteiger partial charge >= 0.3 is 0 Å². The summed E-state index contributed by atoms with van der Waals surface area (Å²) >= 11 is 0. The summed E-state index contributed by atoms with van der Waals surface area (Å²) in [5, 5.41) is 15.2. The van der Waals surface area contributed by atoms with Gasteiger partial charge in [0.1, 0.15) is 6.10 Å². The zero-order valence-electron chi connectivity index (χ0n) is 23.8. The zero-order chi connectivity index (χ0) is 29.4. The van der Waals surface area contributed by atoms with E-state index < -0.39 is 12.1 Å². The number of anilines is 1. The minimum Gasteiger partial charge on any atom is -0.396 e. The lowest BCUT2D eigenvalue weighted by atomic mass is 9.94. The first-order valence-electron chi connectivity index (χ1n) is 14.0. The largest absolute Gasteiger partial charge is 0.396 e. The summed E-state index contributed by atoms with van der Waals surface area (Å²) in [6, 6.07) is 14.5. The van der Waals surface area contributed by atoms with Gasteiger partial charge in [-0.05, 0) is 18.1 Å². The Morgan fingerprint density at radius 1 is 1.10 bits per heavy atom. The van der Waals surface area contributed by atoms with Crippen molar-refractivity contribution in [3.8, 4) is 0 Å². The number of hydrazine groups is 1. The fourth-order valence-electron chi connectivity index (χ4n) is 5.24. The van der Waals surface area contributed by atoms with Crippen molar-refractivity contribution in [3.05, 3.63) is 65.2 Å². The maximum Gasteiger partial charge on any atom is 0.227 e. The topological polar surface area (TPSA) is 153 Å². The number of hydrogen-bond donors (Lipinski definition) is 4. The Hall–Kier alpha value is -3.48. The summed E-state index contributed by atoms with van der Waals surface area (Å²) < 4.78 is 16.1. The molecule has 1 fully saturated rings. The normalized spacial score (nSPS) is 22.0. The number of hydrogen-bond acceptors (Lipinski definition) is 9. The first kappa shape index (κ1) is 30.5. The summed E-state index contributed by atoms with van der Waals surface area (Å²) in [4.78, 5) is 27.7. The molecule has 41 heavy (non-hydrogen) atoms. The van der Waals surface area contributed by atoms with Crippen molar-refractivity contribution in [1.82, 2.24) is 10.3 Å². The highest BCUT2D eigenvalue weighted by Gasteiger charge is 2.40. The number of nitrogens with two attached hydrogens (primary N) is 2. The van der Waals surface area contributed by atoms with Crippen LogP contribution in [0.5, 0.6) is 0 Å². The predicted octanol–water partition coefficient (Wildman–Crippen LogP) is 1.59. The van der Waals surface area contributed by atoms with Crippen molar-refractivity contribution in [2.24, 2.45) is 11.6 Å². The zero-order valence-corrected chi connectivity index (χ0v) is 23.8. The number of rotatable bonds is 12. The lowest BCUT2D eigenvalue weighted by Crippen LogP contribution is -2.48. The number of nitrogens with zero attached hydrogens (tertiary/aromatic N) is 2. The van der Waals surface area contributed by atoms with Gasteiger partial charge in [-0.2, -0.15) is 0 Å². The summed E-state index contributed by atoms with van der Waals surface area (Å²) in [5.74, 6) is 6.28. The van der Waals surface area contributed by atoms with Crippen LogP contribution >= 0.6 is 0 Å². The van der Waals surface area contributed by atoms with E-state index in [1.807, 2.05) is 55.5 Å². The number of carbonyl (C=O) groups is 2. The van der Waals surface area contributed by atoms with Gasteiger partial charge in [0.25, 0.3) is 0 Å². The summed E-state index contributed by atoms with van der Waals surface area (Å²) in [5.41, 5.74) is 10.7. The lowest BCUT2D eigenvalue weighted by Gasteiger charge is -2.35. The molecular formula is C30H41N5O6. The molecule has 2 aliphatic heterocycles. The fraction of sp³-hybridized carbons (Fsp3) is 0.467. The van der Waals surface area contributed by atoms with Crippen LogP contribution < -0.4 is 21.8 Å². The first-order valence-corrected chi connectivity index (χ1v) is 14.0. The third-order valence-electron chi connectivity index (χ3n) is 7.48. The molecule has 0 spiro atoms. The van der Waals surface area contributed by atoms with Crippen molar-refractivity contribution in [3.63, 3.8) is 0 Å². The van der Waals surface area contributed by atoms with Crippen LogP contribution in [0.1, 0.15) is 42.9 Å². The van der Waals surface area contributed by atoms with Crippen molar-refractivity contribution < 1.29 is 28.9 Å². The second kappa shape index (κ2) is 14.4. The number of aliphatic hydroxyl groups is 1. The highest BCUT2D eigenvalue weighted by atomic mass is 16.5. The second-order valence-electron chi connectivity index (χ2n) is 10.1. The fourth-order valence-corrected chi connectivity index (χ4v) is 5.24. The molecule has 4 rings (SSSR count). The smallest absolute Gasteiger partial charge is 0.227 e. The van der Waals surface area contributed by atoms with E-state index in [9.17, 15) is 14.7 Å². The molecule has 0 aliphatic carbocycles. The van der Waals surface area contributed by atoms with E-state index in [1.54, 1.807) is 12.0 Å². The maximum absolute atomic E-state index is 13.6. The quantitative estimate of drug-likeness (QED) is 0.170. The number of carbonyl (C=O) groups excluding carboxylic acids is 2. The van der Waals surface area contributed by atoms with Crippen LogP contribution in [0.25, 0.3) is 11.4 Å². The van der Waals surface area contributed by atoms with Gasteiger partial charge in [-0.3, -0.25) is 9.59 Å². The number of benzene rings is 2. The van der Waals surface area contributed by atoms with Gasteiger partial charge in [0.15, 0.2) is 0 Å².